The molecular weight excluding hydrogens is 270 g/mol. The van der Waals surface area contributed by atoms with Gasteiger partial charge < -0.3 is 0 Å². The molecule has 0 saturated heterocycles. The summed E-state index contributed by atoms with van der Waals surface area (Å²) in [6.45, 7) is 3.15. The van der Waals surface area contributed by atoms with Gasteiger partial charge >= 0.3 is 0 Å². The molecule has 2 aromatic rings. The SMILES string of the molecule is Cc1cc(C(=O)c2cccc(F)c2Cl)cc(C)c1F. The van der Waals surface area contributed by atoms with Crippen LogP contribution in [0.4, 0.5) is 8.78 Å². The maximum Gasteiger partial charge on any atom is 0.194 e. The minimum atomic E-state index is -0.650. The zero-order valence-electron chi connectivity index (χ0n) is 10.4. The van der Waals surface area contributed by atoms with Crippen LogP contribution in [0, 0.1) is 25.5 Å². The average molecular weight is 281 g/mol. The van der Waals surface area contributed by atoms with Crippen molar-refractivity contribution < 1.29 is 13.6 Å². The highest BCUT2D eigenvalue weighted by atomic mass is 35.5. The highest BCUT2D eigenvalue weighted by Gasteiger charge is 2.17. The van der Waals surface area contributed by atoms with E-state index in [9.17, 15) is 13.6 Å². The second kappa shape index (κ2) is 5.10. The minimum Gasteiger partial charge on any atom is -0.289 e. The lowest BCUT2D eigenvalue weighted by Gasteiger charge is -2.08. The van der Waals surface area contributed by atoms with Crippen molar-refractivity contribution in [2.75, 3.05) is 0 Å². The van der Waals surface area contributed by atoms with Gasteiger partial charge in [-0.2, -0.15) is 0 Å². The summed E-state index contributed by atoms with van der Waals surface area (Å²) < 4.78 is 26.9. The fourth-order valence-corrected chi connectivity index (χ4v) is 2.12. The molecule has 0 amide bonds. The van der Waals surface area contributed by atoms with Gasteiger partial charge in [0.1, 0.15) is 11.6 Å². The first-order chi connectivity index (χ1) is 8.91. The molecule has 0 atom stereocenters. The lowest BCUT2D eigenvalue weighted by molar-refractivity contribution is 0.103. The van der Waals surface area contributed by atoms with Crippen LogP contribution in [-0.4, -0.2) is 5.78 Å². The second-order valence-corrected chi connectivity index (χ2v) is 4.73. The van der Waals surface area contributed by atoms with Gasteiger partial charge in [0.2, 0.25) is 0 Å². The molecule has 0 N–H and O–H groups in total. The molecule has 19 heavy (non-hydrogen) atoms. The van der Waals surface area contributed by atoms with Crippen LogP contribution in [0.25, 0.3) is 0 Å². The number of ketones is 1. The van der Waals surface area contributed by atoms with E-state index in [-0.39, 0.29) is 16.4 Å². The Morgan fingerprint density at radius 2 is 1.68 bits per heavy atom. The van der Waals surface area contributed by atoms with Crippen molar-refractivity contribution in [2.45, 2.75) is 13.8 Å². The highest BCUT2D eigenvalue weighted by molar-refractivity contribution is 6.35. The Morgan fingerprint density at radius 3 is 2.26 bits per heavy atom. The van der Waals surface area contributed by atoms with Gasteiger partial charge in [-0.05, 0) is 49.2 Å². The number of hydrogen-bond acceptors (Lipinski definition) is 1. The van der Waals surface area contributed by atoms with Gasteiger partial charge in [0.15, 0.2) is 5.78 Å². The van der Waals surface area contributed by atoms with Gasteiger partial charge in [-0.1, -0.05) is 17.7 Å². The van der Waals surface area contributed by atoms with E-state index in [2.05, 4.69) is 0 Å². The first-order valence-electron chi connectivity index (χ1n) is 5.67. The van der Waals surface area contributed by atoms with E-state index in [4.69, 9.17) is 11.6 Å². The summed E-state index contributed by atoms with van der Waals surface area (Å²) in [6.07, 6.45) is 0. The van der Waals surface area contributed by atoms with Gasteiger partial charge in [-0.3, -0.25) is 4.79 Å². The topological polar surface area (TPSA) is 17.1 Å². The predicted molar refractivity (Wildman–Crippen MR) is 70.7 cm³/mol. The van der Waals surface area contributed by atoms with Crippen molar-refractivity contribution in [3.05, 3.63) is 69.2 Å². The molecule has 0 aromatic heterocycles. The number of benzene rings is 2. The third-order valence-corrected chi connectivity index (χ3v) is 3.28. The molecule has 0 aliphatic carbocycles. The highest BCUT2D eigenvalue weighted by Crippen LogP contribution is 2.24. The Hall–Kier alpha value is -1.74. The van der Waals surface area contributed by atoms with Crippen LogP contribution in [0.2, 0.25) is 5.02 Å². The van der Waals surface area contributed by atoms with Crippen LogP contribution in [0.15, 0.2) is 30.3 Å². The molecule has 0 aliphatic heterocycles. The molecular formula is C15H11ClF2O. The third-order valence-electron chi connectivity index (χ3n) is 2.89. The van der Waals surface area contributed by atoms with Crippen molar-refractivity contribution in [2.24, 2.45) is 0 Å². The smallest absolute Gasteiger partial charge is 0.194 e. The van der Waals surface area contributed by atoms with Crippen LogP contribution in [0.5, 0.6) is 0 Å². The number of carbonyl (C=O) groups is 1. The number of aryl methyl sites for hydroxylation is 2. The van der Waals surface area contributed by atoms with E-state index in [0.717, 1.165) is 0 Å². The zero-order valence-corrected chi connectivity index (χ0v) is 11.2. The predicted octanol–water partition coefficient (Wildman–Crippen LogP) is 4.47. The molecule has 0 fully saturated rings. The molecule has 2 rings (SSSR count). The molecule has 0 radical (unpaired) electrons. The summed E-state index contributed by atoms with van der Waals surface area (Å²) in [7, 11) is 0. The van der Waals surface area contributed by atoms with Gasteiger partial charge in [0, 0.05) is 11.1 Å². The summed E-state index contributed by atoms with van der Waals surface area (Å²) in [5, 5.41) is -0.216. The number of hydrogen-bond donors (Lipinski definition) is 0. The molecule has 0 heterocycles. The molecule has 1 nitrogen and oxygen atoms in total. The maximum absolute atomic E-state index is 13.5. The van der Waals surface area contributed by atoms with E-state index in [1.54, 1.807) is 13.8 Å². The van der Waals surface area contributed by atoms with E-state index in [1.165, 1.54) is 30.3 Å². The average Bonchev–Trinajstić information content (AvgIpc) is 2.38. The van der Waals surface area contributed by atoms with Crippen molar-refractivity contribution in [1.82, 2.24) is 0 Å². The van der Waals surface area contributed by atoms with E-state index in [0.29, 0.717) is 16.7 Å². The fourth-order valence-electron chi connectivity index (χ4n) is 1.91. The fraction of sp³-hybridized carbons (Fsp3) is 0.133. The Morgan fingerprint density at radius 1 is 1.11 bits per heavy atom. The quantitative estimate of drug-likeness (QED) is 0.742. The summed E-state index contributed by atoms with van der Waals surface area (Å²) in [4.78, 5) is 12.3. The molecule has 0 saturated carbocycles. The molecule has 98 valence electrons. The van der Waals surface area contributed by atoms with Crippen LogP contribution >= 0.6 is 11.6 Å². The number of halogens is 3. The van der Waals surface area contributed by atoms with Gasteiger partial charge in [0.25, 0.3) is 0 Å². The van der Waals surface area contributed by atoms with Crippen LogP contribution in [0.3, 0.4) is 0 Å². The van der Waals surface area contributed by atoms with Gasteiger partial charge in [-0.25, -0.2) is 8.78 Å². The standard InChI is InChI=1S/C15H11ClF2O/c1-8-6-10(7-9(2)14(8)18)15(19)11-4-3-5-12(17)13(11)16/h3-7H,1-2H3. The van der Waals surface area contributed by atoms with Crippen molar-refractivity contribution in [1.29, 1.82) is 0 Å². The van der Waals surface area contributed by atoms with Crippen molar-refractivity contribution in [3.63, 3.8) is 0 Å². The maximum atomic E-state index is 13.5. The normalized spacial score (nSPS) is 10.6. The van der Waals surface area contributed by atoms with Crippen LogP contribution < -0.4 is 0 Å². The van der Waals surface area contributed by atoms with E-state index >= 15 is 0 Å². The van der Waals surface area contributed by atoms with Crippen molar-refractivity contribution in [3.8, 4) is 0 Å². The van der Waals surface area contributed by atoms with Crippen molar-refractivity contribution >= 4 is 17.4 Å². The Balaban J connectivity index is 2.53. The Kier molecular flexibility index (Phi) is 3.67. The summed E-state index contributed by atoms with van der Waals surface area (Å²) in [5.41, 5.74) is 1.11. The van der Waals surface area contributed by atoms with E-state index in [1.807, 2.05) is 0 Å². The lowest BCUT2D eigenvalue weighted by atomic mass is 9.99. The Bertz CT molecular complexity index is 642. The minimum absolute atomic E-state index is 0.0760. The van der Waals surface area contributed by atoms with Crippen LogP contribution in [-0.2, 0) is 0 Å². The summed E-state index contributed by atoms with van der Waals surface area (Å²) in [6, 6.07) is 6.91. The van der Waals surface area contributed by atoms with Crippen LogP contribution in [0.1, 0.15) is 27.0 Å². The van der Waals surface area contributed by atoms with Gasteiger partial charge in [0.05, 0.1) is 5.02 Å². The summed E-state index contributed by atoms with van der Waals surface area (Å²) >= 11 is 5.78. The van der Waals surface area contributed by atoms with Gasteiger partial charge in [-0.15, -0.1) is 0 Å². The molecule has 0 spiro atoms. The molecule has 0 aliphatic rings. The third kappa shape index (κ3) is 2.51. The molecule has 0 bridgehead atoms. The number of carbonyl (C=O) groups excluding carboxylic acids is 1. The second-order valence-electron chi connectivity index (χ2n) is 4.35. The summed E-state index contributed by atoms with van der Waals surface area (Å²) in [5.74, 6) is -1.42. The monoisotopic (exact) mass is 280 g/mol. The van der Waals surface area contributed by atoms with E-state index < -0.39 is 11.6 Å². The molecule has 0 unspecified atom stereocenters. The first-order valence-corrected chi connectivity index (χ1v) is 6.05. The lowest BCUT2D eigenvalue weighted by Crippen LogP contribution is -2.05. The largest absolute Gasteiger partial charge is 0.289 e. The Labute approximate surface area is 114 Å². The first kappa shape index (κ1) is 13.7. The number of rotatable bonds is 2. The zero-order chi connectivity index (χ0) is 14.2. The molecule has 4 heteroatoms. The molecule has 2 aromatic carbocycles.